The van der Waals surface area contributed by atoms with Crippen LogP contribution in [0.15, 0.2) is 65.6 Å². The van der Waals surface area contributed by atoms with Gasteiger partial charge in [0.25, 0.3) is 10.0 Å². The number of hydrogen-bond donors (Lipinski definition) is 1. The summed E-state index contributed by atoms with van der Waals surface area (Å²) in [6, 6.07) is 16.1. The maximum absolute atomic E-state index is 13.5. The van der Waals surface area contributed by atoms with Gasteiger partial charge in [-0.2, -0.15) is 11.8 Å². The number of aryl methyl sites for hydroxylation is 1. The van der Waals surface area contributed by atoms with Crippen LogP contribution in [0.5, 0.6) is 0 Å². The summed E-state index contributed by atoms with van der Waals surface area (Å²) in [7, 11) is -4.09. The lowest BCUT2D eigenvalue weighted by Gasteiger charge is -2.25. The fourth-order valence-electron chi connectivity index (χ4n) is 3.11. The Hall–Kier alpha value is -1.61. The number of carbonyl (C=O) groups excluding carboxylic acids is 1. The van der Waals surface area contributed by atoms with Crippen molar-refractivity contribution in [3.63, 3.8) is 0 Å². The molecule has 35 heavy (non-hydrogen) atoms. The van der Waals surface area contributed by atoms with Crippen LogP contribution in [0.1, 0.15) is 11.1 Å². The van der Waals surface area contributed by atoms with Crippen LogP contribution in [0, 0.1) is 6.92 Å². The van der Waals surface area contributed by atoms with Crippen molar-refractivity contribution in [1.82, 2.24) is 5.32 Å². The van der Waals surface area contributed by atoms with Gasteiger partial charge in [0, 0.05) is 33.1 Å². The zero-order chi connectivity index (χ0) is 25.6. The van der Waals surface area contributed by atoms with Crippen molar-refractivity contribution in [2.75, 3.05) is 23.1 Å². The molecule has 5 nitrogen and oxygen atoms in total. The predicted molar refractivity (Wildman–Crippen MR) is 148 cm³/mol. The van der Waals surface area contributed by atoms with Crippen molar-refractivity contribution in [3.8, 4) is 0 Å². The Kier molecular flexibility index (Phi) is 10.0. The number of amides is 1. The quantitative estimate of drug-likeness (QED) is 0.262. The van der Waals surface area contributed by atoms with E-state index in [1.54, 1.807) is 48.2 Å². The summed E-state index contributed by atoms with van der Waals surface area (Å²) >= 11 is 26.3. The van der Waals surface area contributed by atoms with E-state index >= 15 is 0 Å². The average Bonchev–Trinajstić information content (AvgIpc) is 2.81. The second-order valence-electron chi connectivity index (χ2n) is 7.52. The van der Waals surface area contributed by atoms with Gasteiger partial charge in [-0.25, -0.2) is 8.42 Å². The van der Waals surface area contributed by atoms with E-state index in [4.69, 9.17) is 46.4 Å². The molecular formula is C24H22Cl4N2O3S2. The van der Waals surface area contributed by atoms with Gasteiger partial charge < -0.3 is 5.32 Å². The topological polar surface area (TPSA) is 66.5 Å². The van der Waals surface area contributed by atoms with Crippen molar-refractivity contribution in [2.45, 2.75) is 17.6 Å². The van der Waals surface area contributed by atoms with Gasteiger partial charge in [-0.15, -0.1) is 0 Å². The van der Waals surface area contributed by atoms with Crippen LogP contribution in [-0.4, -0.2) is 33.2 Å². The number of anilines is 1. The number of halogens is 4. The molecule has 3 aromatic carbocycles. The number of carbonyl (C=O) groups is 1. The first-order valence-corrected chi connectivity index (χ1v) is 14.5. The number of sulfonamides is 1. The maximum atomic E-state index is 13.5. The Balaban J connectivity index is 1.70. The van der Waals surface area contributed by atoms with Gasteiger partial charge in [-0.05, 0) is 55.0 Å². The smallest absolute Gasteiger partial charge is 0.264 e. The Morgan fingerprint density at radius 1 is 0.943 bits per heavy atom. The molecule has 3 rings (SSSR count). The van der Waals surface area contributed by atoms with Crippen molar-refractivity contribution >= 4 is 79.8 Å². The minimum atomic E-state index is -4.09. The number of rotatable bonds is 10. The highest BCUT2D eigenvalue weighted by molar-refractivity contribution is 7.98. The van der Waals surface area contributed by atoms with Crippen LogP contribution in [-0.2, 0) is 20.6 Å². The van der Waals surface area contributed by atoms with Crippen LogP contribution in [0.25, 0.3) is 0 Å². The van der Waals surface area contributed by atoms with Gasteiger partial charge in [0.1, 0.15) is 6.54 Å². The monoisotopic (exact) mass is 590 g/mol. The Bertz CT molecular complexity index is 1280. The molecule has 0 aliphatic heterocycles. The molecule has 11 heteroatoms. The molecule has 0 radical (unpaired) electrons. The summed E-state index contributed by atoms with van der Waals surface area (Å²) in [5, 5.41) is 4.38. The molecule has 0 saturated heterocycles. The lowest BCUT2D eigenvalue weighted by molar-refractivity contribution is -0.119. The number of nitrogens with zero attached hydrogens (tertiary/aromatic N) is 1. The van der Waals surface area contributed by atoms with Crippen molar-refractivity contribution < 1.29 is 13.2 Å². The van der Waals surface area contributed by atoms with Crippen LogP contribution >= 0.6 is 58.2 Å². The van der Waals surface area contributed by atoms with Crippen LogP contribution < -0.4 is 9.62 Å². The van der Waals surface area contributed by atoms with Gasteiger partial charge in [0.05, 0.1) is 15.6 Å². The lowest BCUT2D eigenvalue weighted by atomic mass is 10.2. The fraction of sp³-hybridized carbons (Fsp3) is 0.208. The predicted octanol–water partition coefficient (Wildman–Crippen LogP) is 6.85. The fourth-order valence-corrected chi connectivity index (χ4v) is 6.57. The van der Waals surface area contributed by atoms with Crippen LogP contribution in [0.3, 0.4) is 0 Å². The second-order valence-corrected chi connectivity index (χ2v) is 12.1. The van der Waals surface area contributed by atoms with Crippen molar-refractivity contribution in [1.29, 1.82) is 0 Å². The standard InChI is InChI=1S/C24H22Cl4N2O3S2/c1-16-5-8-18(9-6-16)35(32,33)30(23-13-17(25)7-10-22(23)28)14-24(31)29-11-12-34-15-19-20(26)3-2-4-21(19)27/h2-10,13H,11-12,14-15H2,1H3,(H,29,31). The molecule has 0 unspecified atom stereocenters. The van der Waals surface area contributed by atoms with E-state index in [1.807, 2.05) is 6.92 Å². The van der Waals surface area contributed by atoms with Crippen LogP contribution in [0.2, 0.25) is 20.1 Å². The molecule has 0 bridgehead atoms. The number of benzene rings is 3. The normalized spacial score (nSPS) is 11.3. The summed E-state index contributed by atoms with van der Waals surface area (Å²) in [5.41, 5.74) is 1.86. The molecule has 1 amide bonds. The highest BCUT2D eigenvalue weighted by Gasteiger charge is 2.29. The third-order valence-corrected chi connectivity index (χ3v) is 8.97. The maximum Gasteiger partial charge on any atom is 0.264 e. The largest absolute Gasteiger partial charge is 0.354 e. The minimum absolute atomic E-state index is 0.0408. The molecule has 0 heterocycles. The zero-order valence-electron chi connectivity index (χ0n) is 18.6. The SMILES string of the molecule is Cc1ccc(S(=O)(=O)N(CC(=O)NCCSCc2c(Cl)cccc2Cl)c2cc(Cl)ccc2Cl)cc1. The van der Waals surface area contributed by atoms with Gasteiger partial charge in [-0.3, -0.25) is 9.10 Å². The van der Waals surface area contributed by atoms with Gasteiger partial charge in [0.2, 0.25) is 5.91 Å². The van der Waals surface area contributed by atoms with Gasteiger partial charge in [-0.1, -0.05) is 70.2 Å². The molecular weight excluding hydrogens is 570 g/mol. The van der Waals surface area contributed by atoms with E-state index in [0.29, 0.717) is 33.1 Å². The van der Waals surface area contributed by atoms with Crippen LogP contribution in [0.4, 0.5) is 5.69 Å². The summed E-state index contributed by atoms with van der Waals surface area (Å²) in [6.07, 6.45) is 0. The third-order valence-electron chi connectivity index (χ3n) is 4.95. The minimum Gasteiger partial charge on any atom is -0.354 e. The van der Waals surface area contributed by atoms with Gasteiger partial charge >= 0.3 is 0 Å². The Morgan fingerprint density at radius 3 is 2.26 bits per heavy atom. The Morgan fingerprint density at radius 2 is 1.60 bits per heavy atom. The molecule has 0 aromatic heterocycles. The van der Waals surface area contributed by atoms with E-state index in [2.05, 4.69) is 5.32 Å². The Labute approximate surface area is 229 Å². The highest BCUT2D eigenvalue weighted by atomic mass is 35.5. The molecule has 0 aliphatic rings. The highest BCUT2D eigenvalue weighted by Crippen LogP contribution is 2.33. The first-order valence-electron chi connectivity index (χ1n) is 10.4. The van der Waals surface area contributed by atoms with E-state index in [9.17, 15) is 13.2 Å². The van der Waals surface area contributed by atoms with E-state index in [-0.39, 0.29) is 15.6 Å². The zero-order valence-corrected chi connectivity index (χ0v) is 23.3. The summed E-state index contributed by atoms with van der Waals surface area (Å²) in [5.74, 6) is 0.684. The van der Waals surface area contributed by atoms with E-state index in [0.717, 1.165) is 15.4 Å². The molecule has 0 atom stereocenters. The molecule has 0 fully saturated rings. The number of hydrogen-bond acceptors (Lipinski definition) is 4. The van der Waals surface area contributed by atoms with Crippen molar-refractivity contribution in [3.05, 3.63) is 91.9 Å². The summed E-state index contributed by atoms with van der Waals surface area (Å²) < 4.78 is 27.9. The molecule has 3 aromatic rings. The third kappa shape index (κ3) is 7.44. The molecule has 0 spiro atoms. The first-order chi connectivity index (χ1) is 16.6. The molecule has 1 N–H and O–H groups in total. The summed E-state index contributed by atoms with van der Waals surface area (Å²) in [6.45, 7) is 1.72. The van der Waals surface area contributed by atoms with Gasteiger partial charge in [0.15, 0.2) is 0 Å². The second kappa shape index (κ2) is 12.6. The van der Waals surface area contributed by atoms with E-state index < -0.39 is 22.5 Å². The lowest BCUT2D eigenvalue weighted by Crippen LogP contribution is -2.41. The average molecular weight is 592 g/mol. The molecule has 0 aliphatic carbocycles. The number of nitrogens with one attached hydrogen (secondary N) is 1. The summed E-state index contributed by atoms with van der Waals surface area (Å²) in [4.78, 5) is 12.8. The number of thioether (sulfide) groups is 1. The van der Waals surface area contributed by atoms with Crippen molar-refractivity contribution in [2.24, 2.45) is 0 Å². The van der Waals surface area contributed by atoms with E-state index in [1.165, 1.54) is 24.3 Å². The molecule has 0 saturated carbocycles. The molecule has 186 valence electrons. The first kappa shape index (κ1) is 28.0.